The van der Waals surface area contributed by atoms with Gasteiger partial charge in [0.1, 0.15) is 11.6 Å². The number of benzene rings is 1. The first kappa shape index (κ1) is 28.0. The number of aromatic amines is 1. The van der Waals surface area contributed by atoms with Crippen molar-refractivity contribution >= 4 is 34.8 Å². The minimum atomic E-state index is -0.904. The molecule has 10 nitrogen and oxygen atoms in total. The first-order chi connectivity index (χ1) is 19.1. The van der Waals surface area contributed by atoms with Gasteiger partial charge in [0.2, 0.25) is 11.8 Å². The summed E-state index contributed by atoms with van der Waals surface area (Å²) in [4.78, 5) is 59.7. The Bertz CT molecular complexity index is 1260. The summed E-state index contributed by atoms with van der Waals surface area (Å²) in [6.07, 6.45) is 7.94. The summed E-state index contributed by atoms with van der Waals surface area (Å²) in [5.41, 5.74) is 1.12. The van der Waals surface area contributed by atoms with Gasteiger partial charge in [-0.25, -0.2) is 9.59 Å². The molecule has 3 fully saturated rings. The second-order valence-corrected chi connectivity index (χ2v) is 12.3. The van der Waals surface area contributed by atoms with Crippen molar-refractivity contribution < 1.29 is 23.9 Å². The van der Waals surface area contributed by atoms with Gasteiger partial charge in [-0.1, -0.05) is 37.5 Å². The molecule has 3 atom stereocenters. The summed E-state index contributed by atoms with van der Waals surface area (Å²) in [5.74, 6) is -0.515. The van der Waals surface area contributed by atoms with E-state index in [9.17, 15) is 19.2 Å². The van der Waals surface area contributed by atoms with Crippen molar-refractivity contribution in [3.63, 3.8) is 0 Å². The second kappa shape index (κ2) is 11.5. The number of ether oxygens (including phenoxy) is 1. The topological polar surface area (TPSA) is 124 Å². The number of nitrogens with one attached hydrogen (secondary N) is 3. The van der Waals surface area contributed by atoms with Gasteiger partial charge in [0, 0.05) is 48.6 Å². The van der Waals surface area contributed by atoms with Gasteiger partial charge in [-0.15, -0.1) is 0 Å². The predicted molar refractivity (Wildman–Crippen MR) is 151 cm³/mol. The molecule has 3 N–H and O–H groups in total. The molecule has 10 heteroatoms. The van der Waals surface area contributed by atoms with Gasteiger partial charge >= 0.3 is 12.1 Å². The third-order valence-corrected chi connectivity index (χ3v) is 8.26. The zero-order chi connectivity index (χ0) is 28.4. The van der Waals surface area contributed by atoms with Crippen LogP contribution in [0, 0.1) is 0 Å². The van der Waals surface area contributed by atoms with Crippen LogP contribution in [0.25, 0.3) is 10.9 Å². The van der Waals surface area contributed by atoms with Gasteiger partial charge in [0.05, 0.1) is 6.04 Å². The number of amides is 5. The van der Waals surface area contributed by atoms with Crippen LogP contribution in [0.5, 0.6) is 0 Å². The van der Waals surface area contributed by atoms with Gasteiger partial charge in [-0.2, -0.15) is 0 Å². The Labute approximate surface area is 235 Å². The monoisotopic (exact) mass is 551 g/mol. The van der Waals surface area contributed by atoms with E-state index in [0.29, 0.717) is 13.0 Å². The number of piperidine rings is 1. The maximum absolute atomic E-state index is 13.7. The molecule has 0 bridgehead atoms. The second-order valence-electron chi connectivity index (χ2n) is 12.3. The third kappa shape index (κ3) is 6.10. The summed E-state index contributed by atoms with van der Waals surface area (Å²) < 4.78 is 5.46. The van der Waals surface area contributed by atoms with Crippen molar-refractivity contribution in [3.8, 4) is 0 Å². The number of rotatable bonds is 6. The van der Waals surface area contributed by atoms with Crippen LogP contribution in [0.4, 0.5) is 9.59 Å². The predicted octanol–water partition coefficient (Wildman–Crippen LogP) is 4.24. The molecule has 0 unspecified atom stereocenters. The van der Waals surface area contributed by atoms with Crippen molar-refractivity contribution in [2.24, 2.45) is 0 Å². The number of fused-ring (bicyclic) bond motifs is 2. The van der Waals surface area contributed by atoms with Gasteiger partial charge in [0.25, 0.3) is 0 Å². The van der Waals surface area contributed by atoms with Crippen LogP contribution in [-0.4, -0.2) is 75.0 Å². The molecule has 3 aliphatic rings. The van der Waals surface area contributed by atoms with Crippen molar-refractivity contribution in [1.29, 1.82) is 0 Å². The molecule has 2 aliphatic heterocycles. The van der Waals surface area contributed by atoms with Crippen LogP contribution in [0.15, 0.2) is 30.5 Å². The van der Waals surface area contributed by atoms with Crippen LogP contribution >= 0.6 is 0 Å². The lowest BCUT2D eigenvalue weighted by molar-refractivity contribution is -0.137. The lowest BCUT2D eigenvalue weighted by atomic mass is 9.88. The lowest BCUT2D eigenvalue weighted by Crippen LogP contribution is -2.67. The Kier molecular flexibility index (Phi) is 8.05. The number of aromatic nitrogens is 1. The van der Waals surface area contributed by atoms with E-state index in [1.165, 1.54) is 4.90 Å². The van der Waals surface area contributed by atoms with Crippen LogP contribution in [-0.2, 0) is 20.7 Å². The molecule has 40 heavy (non-hydrogen) atoms. The molecule has 2 saturated heterocycles. The van der Waals surface area contributed by atoms with Crippen molar-refractivity contribution in [3.05, 3.63) is 36.0 Å². The normalized spacial score (nSPS) is 23.1. The molecule has 3 heterocycles. The van der Waals surface area contributed by atoms with Gasteiger partial charge < -0.3 is 25.3 Å². The molecule has 216 valence electrons. The Morgan fingerprint density at radius 2 is 1.82 bits per heavy atom. The number of imide groups is 1. The summed E-state index contributed by atoms with van der Waals surface area (Å²) in [6, 6.07) is 5.86. The van der Waals surface area contributed by atoms with E-state index in [0.717, 1.165) is 55.0 Å². The van der Waals surface area contributed by atoms with Crippen LogP contribution < -0.4 is 10.6 Å². The maximum atomic E-state index is 13.7. The zero-order valence-electron chi connectivity index (χ0n) is 23.7. The van der Waals surface area contributed by atoms with Crippen LogP contribution in [0.1, 0.15) is 77.7 Å². The minimum absolute atomic E-state index is 0.0248. The SMILES string of the molecule is CC(C)(C)OC(=O)N[C@@H](Cc1c[nH]c2ccccc12)C(=O)N[C@@H]1CCCN2C(=O)N(C3CCCCC3)C(=O)C[C@@H]12. The maximum Gasteiger partial charge on any atom is 0.408 e. The molecular formula is C30H41N5O5. The quantitative estimate of drug-likeness (QED) is 0.496. The Morgan fingerprint density at radius 3 is 2.58 bits per heavy atom. The van der Waals surface area contributed by atoms with Gasteiger partial charge in [0.15, 0.2) is 0 Å². The summed E-state index contributed by atoms with van der Waals surface area (Å²) >= 11 is 0. The molecule has 1 aliphatic carbocycles. The first-order valence-corrected chi connectivity index (χ1v) is 14.6. The molecule has 1 saturated carbocycles. The highest BCUT2D eigenvalue weighted by molar-refractivity contribution is 5.98. The summed E-state index contributed by atoms with van der Waals surface area (Å²) in [6.45, 7) is 5.88. The number of hydrogen-bond acceptors (Lipinski definition) is 5. The summed E-state index contributed by atoms with van der Waals surface area (Å²) in [7, 11) is 0. The standard InChI is InChI=1S/C30H41N5O5/c1-30(2,3)40-28(38)33-24(16-19-18-31-22-13-8-7-12-21(19)22)27(37)32-23-14-9-15-34-25(23)17-26(36)35(29(34)39)20-10-5-4-6-11-20/h7-8,12-13,18,20,23-25,31H,4-6,9-11,14-17H2,1-3H3,(H,32,37)(H,33,38)/t23-,24+,25+/m1/s1. The van der Waals surface area contributed by atoms with Gasteiger partial charge in [-0.3, -0.25) is 14.5 Å². The van der Waals surface area contributed by atoms with Crippen molar-refractivity contribution in [1.82, 2.24) is 25.4 Å². The van der Waals surface area contributed by atoms with E-state index in [2.05, 4.69) is 15.6 Å². The number of hydrogen-bond donors (Lipinski definition) is 3. The Morgan fingerprint density at radius 1 is 1.07 bits per heavy atom. The number of nitrogens with zero attached hydrogens (tertiary/aromatic N) is 2. The molecule has 0 radical (unpaired) electrons. The highest BCUT2D eigenvalue weighted by Gasteiger charge is 2.47. The average Bonchev–Trinajstić information content (AvgIpc) is 3.31. The smallest absolute Gasteiger partial charge is 0.408 e. The third-order valence-electron chi connectivity index (χ3n) is 8.26. The number of carbonyl (C=O) groups is 4. The molecule has 5 amide bonds. The minimum Gasteiger partial charge on any atom is -0.444 e. The Balaban J connectivity index is 1.32. The number of urea groups is 1. The number of carbonyl (C=O) groups excluding carboxylic acids is 4. The number of H-pyrrole nitrogens is 1. The molecule has 2 aromatic rings. The van der Waals surface area contributed by atoms with E-state index >= 15 is 0 Å². The first-order valence-electron chi connectivity index (χ1n) is 14.6. The highest BCUT2D eigenvalue weighted by atomic mass is 16.6. The van der Waals surface area contributed by atoms with E-state index in [-0.39, 0.29) is 42.8 Å². The molecule has 1 aromatic heterocycles. The lowest BCUT2D eigenvalue weighted by Gasteiger charge is -2.49. The number of alkyl carbamates (subject to hydrolysis) is 1. The van der Waals surface area contributed by atoms with Gasteiger partial charge in [-0.05, 0) is 58.1 Å². The zero-order valence-corrected chi connectivity index (χ0v) is 23.7. The molecule has 5 rings (SSSR count). The van der Waals surface area contributed by atoms with Crippen LogP contribution in [0.2, 0.25) is 0 Å². The van der Waals surface area contributed by atoms with E-state index in [1.54, 1.807) is 25.7 Å². The molecule has 0 spiro atoms. The van der Waals surface area contributed by atoms with Crippen molar-refractivity contribution in [2.75, 3.05) is 6.54 Å². The fraction of sp³-hybridized carbons (Fsp3) is 0.600. The van der Waals surface area contributed by atoms with Crippen molar-refractivity contribution in [2.45, 2.75) is 108 Å². The van der Waals surface area contributed by atoms with E-state index in [4.69, 9.17) is 4.74 Å². The molecular weight excluding hydrogens is 510 g/mol. The number of para-hydroxylation sites is 1. The fourth-order valence-electron chi connectivity index (χ4n) is 6.40. The largest absolute Gasteiger partial charge is 0.444 e. The van der Waals surface area contributed by atoms with E-state index < -0.39 is 23.8 Å². The molecule has 1 aromatic carbocycles. The van der Waals surface area contributed by atoms with E-state index in [1.807, 2.05) is 30.5 Å². The van der Waals surface area contributed by atoms with Crippen LogP contribution in [0.3, 0.4) is 0 Å². The Hall–Kier alpha value is -3.56. The fourth-order valence-corrected chi connectivity index (χ4v) is 6.40. The summed E-state index contributed by atoms with van der Waals surface area (Å²) in [5, 5.41) is 6.83. The average molecular weight is 552 g/mol. The highest BCUT2D eigenvalue weighted by Crippen LogP contribution is 2.32.